The van der Waals surface area contributed by atoms with Crippen LogP contribution < -0.4 is 10.9 Å². The van der Waals surface area contributed by atoms with Gasteiger partial charge in [-0.15, -0.1) is 11.3 Å². The molecule has 1 aliphatic heterocycles. The molecule has 0 spiro atoms. The Hall–Kier alpha value is -3.40. The molecule has 2 atom stereocenters. The van der Waals surface area contributed by atoms with Gasteiger partial charge in [-0.1, -0.05) is 6.07 Å². The third-order valence-corrected chi connectivity index (χ3v) is 6.23. The Kier molecular flexibility index (Phi) is 3.63. The number of allylic oxidation sites excluding steroid dienone is 2. The summed E-state index contributed by atoms with van der Waals surface area (Å²) in [5.74, 6) is -0.599. The fourth-order valence-electron chi connectivity index (χ4n) is 4.03. The van der Waals surface area contributed by atoms with E-state index in [1.165, 1.54) is 12.1 Å². The molecule has 0 saturated heterocycles. The van der Waals surface area contributed by atoms with Crippen LogP contribution in [0.3, 0.4) is 0 Å². The van der Waals surface area contributed by atoms with Gasteiger partial charge in [-0.3, -0.25) is 29.9 Å². The molecule has 0 bridgehead atoms. The van der Waals surface area contributed by atoms with Crippen molar-refractivity contribution in [1.82, 2.24) is 10.2 Å². The fourth-order valence-corrected chi connectivity index (χ4v) is 4.86. The molecular formula is C18H14N4O5S. The highest BCUT2D eigenvalue weighted by molar-refractivity contribution is 7.10. The second kappa shape index (κ2) is 6.06. The number of hydrogen-bond donors (Lipinski definition) is 3. The van der Waals surface area contributed by atoms with Gasteiger partial charge in [0.05, 0.1) is 17.5 Å². The lowest BCUT2D eigenvalue weighted by atomic mass is 9.75. The van der Waals surface area contributed by atoms with Crippen molar-refractivity contribution in [2.75, 3.05) is 5.32 Å². The number of nitrogens with zero attached hydrogens (tertiary/aromatic N) is 1. The lowest BCUT2D eigenvalue weighted by molar-refractivity contribution is -0.402. The van der Waals surface area contributed by atoms with Crippen molar-refractivity contribution in [2.24, 2.45) is 0 Å². The smallest absolute Gasteiger partial charge is 0.405 e. The maximum atomic E-state index is 13.1. The molecule has 0 amide bonds. The van der Waals surface area contributed by atoms with Gasteiger partial charge in [0.25, 0.3) is 5.56 Å². The van der Waals surface area contributed by atoms with Gasteiger partial charge >= 0.3 is 5.88 Å². The van der Waals surface area contributed by atoms with E-state index in [0.717, 1.165) is 4.88 Å². The number of nitrogens with one attached hydrogen (secondary N) is 3. The molecule has 1 aliphatic carbocycles. The van der Waals surface area contributed by atoms with E-state index in [1.54, 1.807) is 11.3 Å². The molecular weight excluding hydrogens is 384 g/mol. The second-order valence-electron chi connectivity index (χ2n) is 6.79. The number of hydrogen-bond acceptors (Lipinski definition) is 7. The minimum atomic E-state index is -0.785. The van der Waals surface area contributed by atoms with Crippen molar-refractivity contribution in [3.8, 4) is 0 Å². The fraction of sp³-hybridized carbons (Fsp3) is 0.222. The number of carbonyl (C=O) groups is 1. The zero-order valence-electron chi connectivity index (χ0n) is 14.4. The molecule has 3 N–H and O–H groups in total. The summed E-state index contributed by atoms with van der Waals surface area (Å²) in [5.41, 5.74) is 1.05. The molecule has 142 valence electrons. The standard InChI is InChI=1S/C18H14N4O5S/c23-10-7-8(12-2-1-5-28-12)6-9-14(10)15(11-3-4-13(27-11)22(25)26)16-17(19-9)20-21-18(16)24/h1-5,8,15H,6-7H2,(H3,19,20,21,24)/t8-,15-/m0/s1. The Bertz CT molecular complexity index is 1180. The number of ketones is 1. The molecule has 0 saturated carbocycles. The summed E-state index contributed by atoms with van der Waals surface area (Å²) in [6, 6.07) is 6.65. The minimum absolute atomic E-state index is 0.0533. The molecule has 0 radical (unpaired) electrons. The number of fused-ring (bicyclic) bond motifs is 1. The Labute approximate surface area is 161 Å². The molecule has 0 unspecified atom stereocenters. The summed E-state index contributed by atoms with van der Waals surface area (Å²) in [7, 11) is 0. The van der Waals surface area contributed by atoms with E-state index in [4.69, 9.17) is 4.42 Å². The second-order valence-corrected chi connectivity index (χ2v) is 7.77. The van der Waals surface area contributed by atoms with E-state index in [-0.39, 0.29) is 17.5 Å². The molecule has 0 fully saturated rings. The number of aromatic nitrogens is 2. The molecule has 28 heavy (non-hydrogen) atoms. The Morgan fingerprint density at radius 2 is 2.04 bits per heavy atom. The molecule has 2 aliphatic rings. The van der Waals surface area contributed by atoms with Crippen molar-refractivity contribution < 1.29 is 14.1 Å². The number of furan rings is 1. The normalized spacial score (nSPS) is 21.2. The van der Waals surface area contributed by atoms with E-state index in [0.29, 0.717) is 35.5 Å². The van der Waals surface area contributed by atoms with Crippen LogP contribution in [-0.2, 0) is 4.79 Å². The van der Waals surface area contributed by atoms with Crippen molar-refractivity contribution in [1.29, 1.82) is 0 Å². The predicted molar refractivity (Wildman–Crippen MR) is 101 cm³/mol. The van der Waals surface area contributed by atoms with Crippen LogP contribution in [-0.4, -0.2) is 20.9 Å². The number of thiophene rings is 1. The zero-order valence-corrected chi connectivity index (χ0v) is 15.2. The first kappa shape index (κ1) is 16.8. The van der Waals surface area contributed by atoms with E-state index >= 15 is 0 Å². The number of aromatic amines is 2. The molecule has 3 aromatic heterocycles. The molecule has 10 heteroatoms. The van der Waals surface area contributed by atoms with E-state index < -0.39 is 22.3 Å². The highest BCUT2D eigenvalue weighted by atomic mass is 32.1. The van der Waals surface area contributed by atoms with Gasteiger partial charge in [-0.25, -0.2) is 0 Å². The zero-order chi connectivity index (χ0) is 19.4. The average Bonchev–Trinajstić information content (AvgIpc) is 3.41. The molecule has 0 aromatic carbocycles. The highest BCUT2D eigenvalue weighted by Gasteiger charge is 2.42. The first-order valence-electron chi connectivity index (χ1n) is 8.64. The van der Waals surface area contributed by atoms with Gasteiger partial charge in [0.1, 0.15) is 16.5 Å². The molecule has 3 aromatic rings. The predicted octanol–water partition coefficient (Wildman–Crippen LogP) is 3.22. The lowest BCUT2D eigenvalue weighted by Crippen LogP contribution is -2.31. The van der Waals surface area contributed by atoms with Crippen LogP contribution in [0, 0.1) is 10.1 Å². The Morgan fingerprint density at radius 1 is 1.18 bits per heavy atom. The Morgan fingerprint density at radius 3 is 2.75 bits per heavy atom. The number of H-pyrrole nitrogens is 2. The van der Waals surface area contributed by atoms with Crippen LogP contribution >= 0.6 is 11.3 Å². The maximum Gasteiger partial charge on any atom is 0.433 e. The van der Waals surface area contributed by atoms with Crippen LogP contribution in [0.15, 0.2) is 50.1 Å². The van der Waals surface area contributed by atoms with Crippen LogP contribution in [0.25, 0.3) is 0 Å². The first-order valence-corrected chi connectivity index (χ1v) is 9.52. The van der Waals surface area contributed by atoms with E-state index in [9.17, 15) is 19.7 Å². The molecule has 5 rings (SSSR count). The third-order valence-electron chi connectivity index (χ3n) is 5.20. The number of nitro groups is 1. The largest absolute Gasteiger partial charge is 0.433 e. The minimum Gasteiger partial charge on any atom is -0.405 e. The number of Topliss-reactive ketones (excluding diaryl/α,β-unsaturated/α-hetero) is 1. The van der Waals surface area contributed by atoms with Gasteiger partial charge in [-0.2, -0.15) is 0 Å². The third kappa shape index (κ3) is 2.45. The van der Waals surface area contributed by atoms with Gasteiger partial charge in [0.2, 0.25) is 0 Å². The van der Waals surface area contributed by atoms with Crippen molar-refractivity contribution in [3.05, 3.63) is 77.6 Å². The number of anilines is 1. The summed E-state index contributed by atoms with van der Waals surface area (Å²) in [6.45, 7) is 0. The molecule has 9 nitrogen and oxygen atoms in total. The lowest BCUT2D eigenvalue weighted by Gasteiger charge is -2.33. The quantitative estimate of drug-likeness (QED) is 0.458. The van der Waals surface area contributed by atoms with Gasteiger partial charge in [-0.05, 0) is 23.9 Å². The van der Waals surface area contributed by atoms with E-state index in [1.807, 2.05) is 17.5 Å². The summed E-state index contributed by atoms with van der Waals surface area (Å²) >= 11 is 1.60. The summed E-state index contributed by atoms with van der Waals surface area (Å²) in [6.07, 6.45) is 0.922. The highest BCUT2D eigenvalue weighted by Crippen LogP contribution is 2.47. The first-order chi connectivity index (χ1) is 13.5. The van der Waals surface area contributed by atoms with Crippen LogP contribution in [0.1, 0.15) is 40.9 Å². The topological polar surface area (TPSA) is 134 Å². The summed E-state index contributed by atoms with van der Waals surface area (Å²) < 4.78 is 5.38. The number of carbonyl (C=O) groups excluding carboxylic acids is 1. The van der Waals surface area contributed by atoms with Gasteiger partial charge in [0, 0.05) is 28.5 Å². The number of rotatable bonds is 3. The summed E-state index contributed by atoms with van der Waals surface area (Å²) in [5, 5.41) is 21.5. The average molecular weight is 398 g/mol. The van der Waals surface area contributed by atoms with Crippen molar-refractivity contribution >= 4 is 28.8 Å². The maximum absolute atomic E-state index is 13.1. The van der Waals surface area contributed by atoms with Crippen molar-refractivity contribution in [2.45, 2.75) is 24.7 Å². The van der Waals surface area contributed by atoms with Crippen LogP contribution in [0.4, 0.5) is 11.7 Å². The monoisotopic (exact) mass is 398 g/mol. The molecule has 4 heterocycles. The van der Waals surface area contributed by atoms with Crippen LogP contribution in [0.5, 0.6) is 0 Å². The SMILES string of the molecule is O=C1C[C@@H](c2cccs2)CC2=C1[C@H](c1ccc([N+](=O)[O-])o1)c1c([nH][nH]c1=O)N2. The van der Waals surface area contributed by atoms with Crippen LogP contribution in [0.2, 0.25) is 0 Å². The Balaban J connectivity index is 1.65. The van der Waals surface area contributed by atoms with E-state index in [2.05, 4.69) is 15.5 Å². The van der Waals surface area contributed by atoms with Gasteiger partial charge in [0.15, 0.2) is 5.78 Å². The summed E-state index contributed by atoms with van der Waals surface area (Å²) in [4.78, 5) is 37.0. The van der Waals surface area contributed by atoms with Gasteiger partial charge < -0.3 is 9.73 Å². The van der Waals surface area contributed by atoms with Crippen molar-refractivity contribution in [3.63, 3.8) is 0 Å².